The molecule has 0 aliphatic rings. The monoisotopic (exact) mass is 268 g/mol. The summed E-state index contributed by atoms with van der Waals surface area (Å²) in [5, 5.41) is 8.84. The quantitative estimate of drug-likeness (QED) is 0.831. The molecule has 0 atom stereocenters. The molecule has 20 heavy (non-hydrogen) atoms. The molecule has 0 fully saturated rings. The van der Waals surface area contributed by atoms with Gasteiger partial charge in [-0.3, -0.25) is 0 Å². The lowest BCUT2D eigenvalue weighted by Crippen LogP contribution is -2.20. The van der Waals surface area contributed by atoms with Gasteiger partial charge in [-0.2, -0.15) is 5.26 Å². The largest absolute Gasteiger partial charge is 0.302 e. The average molecular weight is 268 g/mol. The number of likely N-dealkylation sites (N-methyl/N-ethyl adjacent to an activating group) is 1. The van der Waals surface area contributed by atoms with Gasteiger partial charge in [0.05, 0.1) is 11.6 Å². The maximum absolute atomic E-state index is 13.3. The van der Waals surface area contributed by atoms with Crippen LogP contribution in [0.15, 0.2) is 48.5 Å². The van der Waals surface area contributed by atoms with Crippen LogP contribution in [0.1, 0.15) is 16.7 Å². The second-order valence-corrected chi connectivity index (χ2v) is 4.93. The smallest absolute Gasteiger partial charge is 0.124 e. The van der Waals surface area contributed by atoms with Gasteiger partial charge in [0.1, 0.15) is 5.82 Å². The highest BCUT2D eigenvalue weighted by Gasteiger charge is 2.04. The first-order valence-electron chi connectivity index (χ1n) is 6.59. The van der Waals surface area contributed by atoms with Gasteiger partial charge in [0.25, 0.3) is 0 Å². The van der Waals surface area contributed by atoms with E-state index in [1.165, 1.54) is 17.7 Å². The molecule has 0 saturated heterocycles. The van der Waals surface area contributed by atoms with E-state index < -0.39 is 0 Å². The zero-order valence-electron chi connectivity index (χ0n) is 11.5. The molecule has 2 aromatic carbocycles. The van der Waals surface area contributed by atoms with Gasteiger partial charge in [-0.25, -0.2) is 4.39 Å². The summed E-state index contributed by atoms with van der Waals surface area (Å²) in [6.07, 6.45) is 0.956. The van der Waals surface area contributed by atoms with Crippen LogP contribution in [0, 0.1) is 17.1 Å². The van der Waals surface area contributed by atoms with Crippen LogP contribution in [0.4, 0.5) is 4.39 Å². The fraction of sp³-hybridized carbons (Fsp3) is 0.235. The molecule has 0 amide bonds. The van der Waals surface area contributed by atoms with Crippen LogP contribution in [-0.4, -0.2) is 18.5 Å². The topological polar surface area (TPSA) is 27.0 Å². The van der Waals surface area contributed by atoms with Crippen molar-refractivity contribution in [3.8, 4) is 6.07 Å². The molecule has 102 valence electrons. The van der Waals surface area contributed by atoms with E-state index in [1.54, 1.807) is 6.07 Å². The number of nitrogens with zero attached hydrogens (tertiary/aromatic N) is 2. The first-order valence-corrected chi connectivity index (χ1v) is 6.59. The van der Waals surface area contributed by atoms with E-state index in [0.29, 0.717) is 12.1 Å². The van der Waals surface area contributed by atoms with Crippen LogP contribution in [0.2, 0.25) is 0 Å². The zero-order valence-corrected chi connectivity index (χ0v) is 11.5. The minimum absolute atomic E-state index is 0.351. The van der Waals surface area contributed by atoms with Gasteiger partial charge in [0, 0.05) is 13.1 Å². The van der Waals surface area contributed by atoms with E-state index in [-0.39, 0.29) is 5.82 Å². The van der Waals surface area contributed by atoms with Crippen molar-refractivity contribution in [2.24, 2.45) is 0 Å². The molecule has 0 N–H and O–H groups in total. The van der Waals surface area contributed by atoms with Crippen LogP contribution < -0.4 is 0 Å². The standard InChI is InChI=1S/C17H17FN2/c1-20(8-7-14-5-3-2-4-6-14)13-16-9-15(12-19)10-17(18)11-16/h2-6,9-11H,7-8,13H2,1H3. The van der Waals surface area contributed by atoms with E-state index in [1.807, 2.05) is 31.3 Å². The van der Waals surface area contributed by atoms with Crippen molar-refractivity contribution < 1.29 is 4.39 Å². The Balaban J connectivity index is 1.93. The molecule has 0 spiro atoms. The van der Waals surface area contributed by atoms with Crippen molar-refractivity contribution >= 4 is 0 Å². The second kappa shape index (κ2) is 6.83. The highest BCUT2D eigenvalue weighted by molar-refractivity contribution is 5.33. The maximum atomic E-state index is 13.3. The third-order valence-corrected chi connectivity index (χ3v) is 3.16. The lowest BCUT2D eigenvalue weighted by molar-refractivity contribution is 0.330. The molecule has 0 bridgehead atoms. The van der Waals surface area contributed by atoms with Crippen LogP contribution in [-0.2, 0) is 13.0 Å². The Labute approximate surface area is 119 Å². The third-order valence-electron chi connectivity index (χ3n) is 3.16. The minimum atomic E-state index is -0.351. The number of nitriles is 1. The van der Waals surface area contributed by atoms with Gasteiger partial charge < -0.3 is 4.90 Å². The molecule has 0 aliphatic carbocycles. The van der Waals surface area contributed by atoms with Gasteiger partial charge in [0.15, 0.2) is 0 Å². The molecular weight excluding hydrogens is 251 g/mol. The Bertz CT molecular complexity index is 602. The van der Waals surface area contributed by atoms with Crippen LogP contribution in [0.25, 0.3) is 0 Å². The van der Waals surface area contributed by atoms with Crippen molar-refractivity contribution in [3.63, 3.8) is 0 Å². The lowest BCUT2D eigenvalue weighted by atomic mass is 10.1. The molecule has 0 radical (unpaired) electrons. The molecule has 0 heterocycles. The van der Waals surface area contributed by atoms with E-state index >= 15 is 0 Å². The first kappa shape index (κ1) is 14.2. The third kappa shape index (κ3) is 4.18. The van der Waals surface area contributed by atoms with Crippen molar-refractivity contribution in [2.75, 3.05) is 13.6 Å². The molecule has 2 aromatic rings. The van der Waals surface area contributed by atoms with Gasteiger partial charge >= 0.3 is 0 Å². The van der Waals surface area contributed by atoms with Gasteiger partial charge in [-0.15, -0.1) is 0 Å². The van der Waals surface area contributed by atoms with E-state index in [2.05, 4.69) is 17.0 Å². The second-order valence-electron chi connectivity index (χ2n) is 4.93. The highest BCUT2D eigenvalue weighted by Crippen LogP contribution is 2.11. The number of rotatable bonds is 5. The van der Waals surface area contributed by atoms with Gasteiger partial charge in [-0.1, -0.05) is 30.3 Å². The molecule has 0 aromatic heterocycles. The zero-order chi connectivity index (χ0) is 14.4. The summed E-state index contributed by atoms with van der Waals surface area (Å²) in [7, 11) is 2.00. The number of benzene rings is 2. The summed E-state index contributed by atoms with van der Waals surface area (Å²) >= 11 is 0. The van der Waals surface area contributed by atoms with Crippen LogP contribution >= 0.6 is 0 Å². The van der Waals surface area contributed by atoms with Crippen molar-refractivity contribution in [1.82, 2.24) is 4.90 Å². The predicted octanol–water partition coefficient (Wildman–Crippen LogP) is 3.37. The predicted molar refractivity (Wildman–Crippen MR) is 77.6 cm³/mol. The Hall–Kier alpha value is -2.18. The van der Waals surface area contributed by atoms with Crippen molar-refractivity contribution in [3.05, 3.63) is 71.0 Å². The molecular formula is C17H17FN2. The molecule has 0 unspecified atom stereocenters. The van der Waals surface area contributed by atoms with E-state index in [0.717, 1.165) is 18.5 Å². The molecule has 0 saturated carbocycles. The normalized spacial score (nSPS) is 10.5. The summed E-state index contributed by atoms with van der Waals surface area (Å²) in [6.45, 7) is 1.53. The SMILES string of the molecule is CN(CCc1ccccc1)Cc1cc(F)cc(C#N)c1. The number of hydrogen-bond donors (Lipinski definition) is 0. The number of halogens is 1. The average Bonchev–Trinajstić information content (AvgIpc) is 2.45. The Kier molecular flexibility index (Phi) is 4.86. The fourth-order valence-electron chi connectivity index (χ4n) is 2.16. The van der Waals surface area contributed by atoms with Crippen molar-refractivity contribution in [1.29, 1.82) is 5.26 Å². The van der Waals surface area contributed by atoms with E-state index in [9.17, 15) is 4.39 Å². The Morgan fingerprint density at radius 1 is 1.10 bits per heavy atom. The molecule has 3 heteroatoms. The first-order chi connectivity index (χ1) is 9.67. The summed E-state index contributed by atoms with van der Waals surface area (Å²) < 4.78 is 13.3. The fourth-order valence-corrected chi connectivity index (χ4v) is 2.16. The minimum Gasteiger partial charge on any atom is -0.302 e. The summed E-state index contributed by atoms with van der Waals surface area (Å²) in [6, 6.07) is 16.7. The summed E-state index contributed by atoms with van der Waals surface area (Å²) in [5.74, 6) is -0.351. The molecule has 2 rings (SSSR count). The highest BCUT2D eigenvalue weighted by atomic mass is 19.1. The van der Waals surface area contributed by atoms with Gasteiger partial charge in [0.2, 0.25) is 0 Å². The Morgan fingerprint density at radius 2 is 1.85 bits per heavy atom. The van der Waals surface area contributed by atoms with Crippen LogP contribution in [0.3, 0.4) is 0 Å². The molecule has 2 nitrogen and oxygen atoms in total. The van der Waals surface area contributed by atoms with Crippen LogP contribution in [0.5, 0.6) is 0 Å². The van der Waals surface area contributed by atoms with Gasteiger partial charge in [-0.05, 0) is 42.8 Å². The maximum Gasteiger partial charge on any atom is 0.124 e. The van der Waals surface area contributed by atoms with Crippen molar-refractivity contribution in [2.45, 2.75) is 13.0 Å². The molecule has 0 aliphatic heterocycles. The number of hydrogen-bond acceptors (Lipinski definition) is 2. The van der Waals surface area contributed by atoms with E-state index in [4.69, 9.17) is 5.26 Å². The Morgan fingerprint density at radius 3 is 2.55 bits per heavy atom. The lowest BCUT2D eigenvalue weighted by Gasteiger charge is -2.17. The summed E-state index contributed by atoms with van der Waals surface area (Å²) in [5.41, 5.74) is 2.49. The summed E-state index contributed by atoms with van der Waals surface area (Å²) in [4.78, 5) is 2.13.